The fraction of sp³-hybridized carbons (Fsp3) is 0.588. The third-order valence-electron chi connectivity index (χ3n) is 3.34. The van der Waals surface area contributed by atoms with Gasteiger partial charge in [-0.3, -0.25) is 9.20 Å². The first-order chi connectivity index (χ1) is 11.2. The Balaban J connectivity index is 2.34. The van der Waals surface area contributed by atoms with Crippen molar-refractivity contribution in [2.75, 3.05) is 39.5 Å². The molecule has 1 unspecified atom stereocenters. The van der Waals surface area contributed by atoms with Crippen LogP contribution >= 0.6 is 0 Å². The number of aliphatic imine (C=N–C) groups is 1. The van der Waals surface area contributed by atoms with E-state index in [1.54, 1.807) is 19.2 Å². The summed E-state index contributed by atoms with van der Waals surface area (Å²) < 4.78 is 30.2. The third kappa shape index (κ3) is 7.29. The van der Waals surface area contributed by atoms with E-state index in [-0.39, 0.29) is 10.6 Å². The van der Waals surface area contributed by atoms with E-state index in [0.29, 0.717) is 31.2 Å². The van der Waals surface area contributed by atoms with E-state index in [1.165, 1.54) is 12.1 Å². The van der Waals surface area contributed by atoms with Gasteiger partial charge in [-0.25, -0.2) is 4.39 Å². The molecule has 0 saturated carbocycles. The van der Waals surface area contributed by atoms with Crippen LogP contribution in [-0.4, -0.2) is 59.4 Å². The summed E-state index contributed by atoms with van der Waals surface area (Å²) >= 11 is 0. The second kappa shape index (κ2) is 9.61. The molecule has 1 rings (SSSR count). The van der Waals surface area contributed by atoms with Crippen LogP contribution in [0.5, 0.6) is 5.75 Å². The maximum Gasteiger partial charge on any atom is 0.193 e. The molecule has 0 amide bonds. The van der Waals surface area contributed by atoms with Gasteiger partial charge in [-0.15, -0.1) is 0 Å². The molecule has 0 aliphatic carbocycles. The van der Waals surface area contributed by atoms with Crippen molar-refractivity contribution in [3.05, 3.63) is 30.1 Å². The summed E-state index contributed by atoms with van der Waals surface area (Å²) in [5.74, 6) is 1.65. The Kier molecular flexibility index (Phi) is 8.18. The van der Waals surface area contributed by atoms with Crippen LogP contribution < -0.4 is 10.1 Å². The molecule has 136 valence electrons. The minimum absolute atomic E-state index is 0.208. The molecule has 0 aromatic heterocycles. The van der Waals surface area contributed by atoms with E-state index < -0.39 is 10.8 Å². The largest absolute Gasteiger partial charge is 0.492 e. The van der Waals surface area contributed by atoms with Crippen molar-refractivity contribution >= 4 is 16.8 Å². The van der Waals surface area contributed by atoms with Crippen molar-refractivity contribution < 1.29 is 13.3 Å². The van der Waals surface area contributed by atoms with E-state index in [2.05, 4.69) is 10.3 Å². The molecule has 1 aromatic rings. The third-order valence-corrected chi connectivity index (χ3v) is 5.28. The van der Waals surface area contributed by atoms with Gasteiger partial charge in [0, 0.05) is 41.9 Å². The van der Waals surface area contributed by atoms with Crippen LogP contribution in [0.4, 0.5) is 4.39 Å². The molecule has 0 radical (unpaired) electrons. The first-order valence-electron chi connectivity index (χ1n) is 7.92. The SMILES string of the molecule is CN=C(NCCS(=O)C(C)(C)C)N(C)CCOc1ccc(F)cc1. The molecule has 5 nitrogen and oxygen atoms in total. The highest BCUT2D eigenvalue weighted by atomic mass is 32.2. The van der Waals surface area contributed by atoms with E-state index in [9.17, 15) is 8.60 Å². The van der Waals surface area contributed by atoms with Gasteiger partial charge in [0.05, 0.1) is 6.54 Å². The summed E-state index contributed by atoms with van der Waals surface area (Å²) in [7, 11) is 2.72. The Hall–Kier alpha value is -1.63. The monoisotopic (exact) mass is 357 g/mol. The van der Waals surface area contributed by atoms with E-state index in [0.717, 1.165) is 5.96 Å². The molecule has 0 aliphatic heterocycles. The number of hydrogen-bond donors (Lipinski definition) is 1. The predicted molar refractivity (Wildman–Crippen MR) is 98.6 cm³/mol. The van der Waals surface area contributed by atoms with Crippen molar-refractivity contribution in [3.8, 4) is 5.75 Å². The van der Waals surface area contributed by atoms with E-state index in [4.69, 9.17) is 4.74 Å². The van der Waals surface area contributed by atoms with Gasteiger partial charge in [0.15, 0.2) is 5.96 Å². The molecule has 0 saturated heterocycles. The fourth-order valence-electron chi connectivity index (χ4n) is 1.88. The summed E-state index contributed by atoms with van der Waals surface area (Å²) in [4.78, 5) is 6.15. The second-order valence-electron chi connectivity index (χ2n) is 6.36. The minimum atomic E-state index is -0.893. The molecule has 1 aromatic carbocycles. The average molecular weight is 357 g/mol. The summed E-state index contributed by atoms with van der Waals surface area (Å²) in [5, 5.41) is 3.21. The minimum Gasteiger partial charge on any atom is -0.492 e. The number of likely N-dealkylation sites (N-methyl/N-ethyl adjacent to an activating group) is 1. The maximum absolute atomic E-state index is 12.8. The molecule has 24 heavy (non-hydrogen) atoms. The quantitative estimate of drug-likeness (QED) is 0.601. The highest BCUT2D eigenvalue weighted by Crippen LogP contribution is 2.11. The summed E-state index contributed by atoms with van der Waals surface area (Å²) in [5.41, 5.74) is 0. The Labute approximate surface area is 146 Å². The highest BCUT2D eigenvalue weighted by Gasteiger charge is 2.18. The zero-order valence-corrected chi connectivity index (χ0v) is 16.0. The standard InChI is InChI=1S/C17H28FN3O2S/c1-17(2,3)24(22)13-10-20-16(19-4)21(5)11-12-23-15-8-6-14(18)7-9-15/h6-9H,10-13H2,1-5H3,(H,19,20). The molecular formula is C17H28FN3O2S. The van der Waals surface area contributed by atoms with E-state index >= 15 is 0 Å². The van der Waals surface area contributed by atoms with Crippen LogP contribution in [0, 0.1) is 5.82 Å². The van der Waals surface area contributed by atoms with Gasteiger partial charge in [-0.05, 0) is 45.0 Å². The zero-order chi connectivity index (χ0) is 18.2. The molecule has 0 aliphatic rings. The summed E-state index contributed by atoms with van der Waals surface area (Å²) in [6.45, 7) is 7.58. The number of ether oxygens (including phenoxy) is 1. The van der Waals surface area contributed by atoms with Gasteiger partial charge < -0.3 is 15.0 Å². The van der Waals surface area contributed by atoms with Crippen molar-refractivity contribution in [1.29, 1.82) is 0 Å². The Morgan fingerprint density at radius 1 is 1.33 bits per heavy atom. The van der Waals surface area contributed by atoms with Gasteiger partial charge >= 0.3 is 0 Å². The molecule has 1 N–H and O–H groups in total. The lowest BCUT2D eigenvalue weighted by Crippen LogP contribution is -2.43. The van der Waals surface area contributed by atoms with Gasteiger partial charge in [0.1, 0.15) is 18.2 Å². The van der Waals surface area contributed by atoms with E-state index in [1.807, 2.05) is 32.7 Å². The van der Waals surface area contributed by atoms with Crippen LogP contribution in [-0.2, 0) is 10.8 Å². The van der Waals surface area contributed by atoms with Crippen LogP contribution in [0.2, 0.25) is 0 Å². The molecule has 7 heteroatoms. The molecule has 0 fully saturated rings. The predicted octanol–water partition coefficient (Wildman–Crippen LogP) is 2.26. The number of nitrogens with zero attached hydrogens (tertiary/aromatic N) is 2. The maximum atomic E-state index is 12.8. The number of rotatable bonds is 7. The van der Waals surface area contributed by atoms with Crippen molar-refractivity contribution in [2.45, 2.75) is 25.5 Å². The van der Waals surface area contributed by atoms with Crippen molar-refractivity contribution in [1.82, 2.24) is 10.2 Å². The van der Waals surface area contributed by atoms with Crippen LogP contribution in [0.25, 0.3) is 0 Å². The number of guanidine groups is 1. The molecule has 0 bridgehead atoms. The zero-order valence-electron chi connectivity index (χ0n) is 15.1. The number of halogens is 1. The first-order valence-corrected chi connectivity index (χ1v) is 9.24. The first kappa shape index (κ1) is 20.4. The second-order valence-corrected chi connectivity index (χ2v) is 8.68. The van der Waals surface area contributed by atoms with Gasteiger partial charge in [0.25, 0.3) is 0 Å². The Bertz CT molecular complexity index is 556. The van der Waals surface area contributed by atoms with Crippen LogP contribution in [0.3, 0.4) is 0 Å². The van der Waals surface area contributed by atoms with Crippen molar-refractivity contribution in [2.24, 2.45) is 4.99 Å². The van der Waals surface area contributed by atoms with Crippen LogP contribution in [0.15, 0.2) is 29.3 Å². The topological polar surface area (TPSA) is 53.9 Å². The lowest BCUT2D eigenvalue weighted by molar-refractivity contribution is 0.281. The Morgan fingerprint density at radius 3 is 2.50 bits per heavy atom. The molecule has 0 heterocycles. The number of nitrogens with one attached hydrogen (secondary N) is 1. The normalized spacial score (nSPS) is 13.5. The lowest BCUT2D eigenvalue weighted by atomic mass is 10.3. The number of benzene rings is 1. The lowest BCUT2D eigenvalue weighted by Gasteiger charge is -2.23. The number of hydrogen-bond acceptors (Lipinski definition) is 3. The van der Waals surface area contributed by atoms with Gasteiger partial charge in [-0.1, -0.05) is 0 Å². The summed E-state index contributed by atoms with van der Waals surface area (Å²) in [6.07, 6.45) is 0. The average Bonchev–Trinajstić information content (AvgIpc) is 2.52. The fourth-order valence-corrected chi connectivity index (χ4v) is 2.78. The van der Waals surface area contributed by atoms with Gasteiger partial charge in [0.2, 0.25) is 0 Å². The molecular weight excluding hydrogens is 329 g/mol. The van der Waals surface area contributed by atoms with Crippen molar-refractivity contribution in [3.63, 3.8) is 0 Å². The summed E-state index contributed by atoms with van der Waals surface area (Å²) in [6, 6.07) is 5.94. The van der Waals surface area contributed by atoms with Gasteiger partial charge in [-0.2, -0.15) is 0 Å². The Morgan fingerprint density at radius 2 is 1.96 bits per heavy atom. The smallest absolute Gasteiger partial charge is 0.193 e. The van der Waals surface area contributed by atoms with Crippen LogP contribution in [0.1, 0.15) is 20.8 Å². The molecule has 1 atom stereocenters. The molecule has 0 spiro atoms. The highest BCUT2D eigenvalue weighted by molar-refractivity contribution is 7.86.